The van der Waals surface area contributed by atoms with Gasteiger partial charge in [0.1, 0.15) is 0 Å². The Morgan fingerprint density at radius 2 is 1.79 bits per heavy atom. The van der Waals surface area contributed by atoms with Crippen LogP contribution in [0.3, 0.4) is 0 Å². The van der Waals surface area contributed by atoms with Gasteiger partial charge in [-0.05, 0) is 41.8 Å². The van der Waals surface area contributed by atoms with Gasteiger partial charge in [-0.15, -0.1) is 0 Å². The maximum atomic E-state index is 12.4. The van der Waals surface area contributed by atoms with Gasteiger partial charge in [0.25, 0.3) is 0 Å². The monoisotopic (exact) mass is 413 g/mol. The number of amides is 3. The molecule has 0 bridgehead atoms. The summed E-state index contributed by atoms with van der Waals surface area (Å²) in [5.74, 6) is -0.223. The zero-order valence-electron chi connectivity index (χ0n) is 16.3. The second kappa shape index (κ2) is 9.56. The van der Waals surface area contributed by atoms with Gasteiger partial charge in [0.2, 0.25) is 17.7 Å². The molecule has 0 spiro atoms. The van der Waals surface area contributed by atoms with Crippen LogP contribution in [0.25, 0.3) is 0 Å². The van der Waals surface area contributed by atoms with Crippen LogP contribution in [0.15, 0.2) is 48.5 Å². The number of halogens is 1. The van der Waals surface area contributed by atoms with Gasteiger partial charge in [-0.3, -0.25) is 14.4 Å². The number of hydrogen-bond acceptors (Lipinski definition) is 3. The molecule has 1 aliphatic rings. The molecule has 2 N–H and O–H groups in total. The molecule has 0 aromatic heterocycles. The van der Waals surface area contributed by atoms with E-state index in [0.717, 1.165) is 29.8 Å². The normalized spacial score (nSPS) is 14.6. The van der Waals surface area contributed by atoms with Crippen LogP contribution in [-0.2, 0) is 20.9 Å². The predicted octanol–water partition coefficient (Wildman–Crippen LogP) is 3.35. The van der Waals surface area contributed by atoms with Crippen molar-refractivity contribution in [2.75, 3.05) is 11.4 Å². The third-order valence-corrected chi connectivity index (χ3v) is 5.10. The third kappa shape index (κ3) is 5.81. The van der Waals surface area contributed by atoms with Crippen LogP contribution in [-0.4, -0.2) is 24.3 Å². The predicted molar refractivity (Wildman–Crippen MR) is 113 cm³/mol. The lowest BCUT2D eigenvalue weighted by Gasteiger charge is -2.18. The van der Waals surface area contributed by atoms with Crippen molar-refractivity contribution in [3.8, 4) is 0 Å². The molecule has 0 aliphatic carbocycles. The number of hydrogen-bond donors (Lipinski definition) is 2. The minimum Gasteiger partial charge on any atom is -0.352 e. The van der Waals surface area contributed by atoms with Gasteiger partial charge in [0.05, 0.1) is 12.5 Å². The topological polar surface area (TPSA) is 78.5 Å². The zero-order valence-corrected chi connectivity index (χ0v) is 17.0. The van der Waals surface area contributed by atoms with Crippen LogP contribution in [0.1, 0.15) is 43.4 Å². The molecule has 1 saturated heterocycles. The molecule has 2 aromatic rings. The first kappa shape index (κ1) is 20.9. The maximum absolute atomic E-state index is 12.4. The summed E-state index contributed by atoms with van der Waals surface area (Å²) in [7, 11) is 0. The van der Waals surface area contributed by atoms with Crippen LogP contribution < -0.4 is 15.5 Å². The van der Waals surface area contributed by atoms with Crippen molar-refractivity contribution < 1.29 is 14.4 Å². The Morgan fingerprint density at radius 1 is 1.10 bits per heavy atom. The number of benzene rings is 2. The number of carbonyl (C=O) groups excluding carboxylic acids is 3. The fraction of sp³-hybridized carbons (Fsp3) is 0.318. The van der Waals surface area contributed by atoms with Crippen LogP contribution >= 0.6 is 11.6 Å². The Balaban J connectivity index is 1.56. The van der Waals surface area contributed by atoms with Gasteiger partial charge in [0, 0.05) is 37.1 Å². The molecule has 1 fully saturated rings. The van der Waals surface area contributed by atoms with Crippen LogP contribution in [0.5, 0.6) is 0 Å². The highest BCUT2D eigenvalue weighted by Gasteiger charge is 2.21. The van der Waals surface area contributed by atoms with Crippen molar-refractivity contribution >= 4 is 35.0 Å². The summed E-state index contributed by atoms with van der Waals surface area (Å²) in [6.45, 7) is 2.55. The quantitative estimate of drug-likeness (QED) is 0.730. The Morgan fingerprint density at radius 3 is 2.38 bits per heavy atom. The van der Waals surface area contributed by atoms with Gasteiger partial charge in [-0.1, -0.05) is 35.9 Å². The van der Waals surface area contributed by atoms with Crippen molar-refractivity contribution in [3.63, 3.8) is 0 Å². The third-order valence-electron chi connectivity index (χ3n) is 4.85. The second-order valence-corrected chi connectivity index (χ2v) is 7.54. The first-order chi connectivity index (χ1) is 13.9. The molecule has 29 heavy (non-hydrogen) atoms. The lowest BCUT2D eigenvalue weighted by Crippen LogP contribution is -2.32. The Bertz CT molecular complexity index is 881. The van der Waals surface area contributed by atoms with Crippen molar-refractivity contribution in [3.05, 3.63) is 64.7 Å². The molecule has 7 heteroatoms. The Hall–Kier alpha value is -2.86. The molecule has 3 rings (SSSR count). The second-order valence-electron chi connectivity index (χ2n) is 7.10. The van der Waals surface area contributed by atoms with E-state index in [-0.39, 0.29) is 24.1 Å². The van der Waals surface area contributed by atoms with E-state index in [4.69, 9.17) is 11.6 Å². The van der Waals surface area contributed by atoms with Crippen molar-refractivity contribution in [1.29, 1.82) is 0 Å². The Kier molecular flexibility index (Phi) is 6.88. The van der Waals surface area contributed by atoms with Gasteiger partial charge in [-0.2, -0.15) is 0 Å². The van der Waals surface area contributed by atoms with E-state index in [1.165, 1.54) is 6.92 Å². The average Bonchev–Trinajstić information content (AvgIpc) is 3.12. The number of rotatable bonds is 7. The van der Waals surface area contributed by atoms with Crippen LogP contribution in [0, 0.1) is 0 Å². The first-order valence-electron chi connectivity index (χ1n) is 9.61. The van der Waals surface area contributed by atoms with Crippen LogP contribution in [0.4, 0.5) is 5.69 Å². The van der Waals surface area contributed by atoms with Gasteiger partial charge < -0.3 is 15.5 Å². The molecule has 1 aliphatic heterocycles. The van der Waals surface area contributed by atoms with E-state index in [1.807, 2.05) is 24.3 Å². The molecule has 1 atom stereocenters. The summed E-state index contributed by atoms with van der Waals surface area (Å²) in [6, 6.07) is 14.3. The average molecular weight is 414 g/mol. The number of carbonyl (C=O) groups is 3. The molecular weight excluding hydrogens is 390 g/mol. The number of nitrogens with zero attached hydrogens (tertiary/aromatic N) is 1. The van der Waals surface area contributed by atoms with Gasteiger partial charge in [-0.25, -0.2) is 0 Å². The number of anilines is 1. The minimum absolute atomic E-state index is 0.127. The first-order valence-corrected chi connectivity index (χ1v) is 9.99. The highest BCUT2D eigenvalue weighted by atomic mass is 35.5. The molecular formula is C22H24ClN3O3. The largest absolute Gasteiger partial charge is 0.352 e. The van der Waals surface area contributed by atoms with Crippen LogP contribution in [0.2, 0.25) is 5.02 Å². The van der Waals surface area contributed by atoms with E-state index in [9.17, 15) is 14.4 Å². The van der Waals surface area contributed by atoms with Gasteiger partial charge in [0.15, 0.2) is 0 Å². The molecule has 6 nitrogen and oxygen atoms in total. The summed E-state index contributed by atoms with van der Waals surface area (Å²) in [5.41, 5.74) is 2.65. The van der Waals surface area contributed by atoms with E-state index in [2.05, 4.69) is 10.6 Å². The lowest BCUT2D eigenvalue weighted by molar-refractivity contribution is -0.123. The number of nitrogens with one attached hydrogen (secondary N) is 2. The summed E-state index contributed by atoms with van der Waals surface area (Å²) in [5, 5.41) is 6.29. The molecule has 0 radical (unpaired) electrons. The zero-order chi connectivity index (χ0) is 20.8. The molecule has 0 saturated carbocycles. The Labute approximate surface area is 175 Å². The summed E-state index contributed by atoms with van der Waals surface area (Å²) in [6.07, 6.45) is 1.61. The molecule has 1 unspecified atom stereocenters. The van der Waals surface area contributed by atoms with E-state index < -0.39 is 6.04 Å². The lowest BCUT2D eigenvalue weighted by atomic mass is 10.0. The van der Waals surface area contributed by atoms with Crippen molar-refractivity contribution in [2.45, 2.75) is 38.8 Å². The maximum Gasteiger partial charge on any atom is 0.227 e. The summed E-state index contributed by atoms with van der Waals surface area (Å²) >= 11 is 5.92. The van der Waals surface area contributed by atoms with Crippen molar-refractivity contribution in [1.82, 2.24) is 10.6 Å². The molecule has 1 heterocycles. The standard InChI is InChI=1S/C22H24ClN3O3/c1-15(27)25-20(17-6-8-18(23)9-7-17)13-21(28)24-14-16-4-10-19(11-5-16)26-12-2-3-22(26)29/h4-11,20H,2-3,12-14H2,1H3,(H,24,28)(H,25,27). The van der Waals surface area contributed by atoms with E-state index in [0.29, 0.717) is 18.0 Å². The summed E-state index contributed by atoms with van der Waals surface area (Å²) < 4.78 is 0. The SMILES string of the molecule is CC(=O)NC(CC(=O)NCc1ccc(N2CCCC2=O)cc1)c1ccc(Cl)cc1. The van der Waals surface area contributed by atoms with E-state index in [1.54, 1.807) is 29.2 Å². The fourth-order valence-corrected chi connectivity index (χ4v) is 3.49. The fourth-order valence-electron chi connectivity index (χ4n) is 3.37. The molecule has 3 amide bonds. The highest BCUT2D eigenvalue weighted by Crippen LogP contribution is 2.22. The molecule has 2 aromatic carbocycles. The smallest absolute Gasteiger partial charge is 0.227 e. The molecule has 152 valence electrons. The van der Waals surface area contributed by atoms with Crippen molar-refractivity contribution in [2.24, 2.45) is 0 Å². The minimum atomic E-state index is -0.423. The summed E-state index contributed by atoms with van der Waals surface area (Å²) in [4.78, 5) is 37.6. The van der Waals surface area contributed by atoms with E-state index >= 15 is 0 Å². The van der Waals surface area contributed by atoms with Gasteiger partial charge >= 0.3 is 0 Å². The highest BCUT2D eigenvalue weighted by molar-refractivity contribution is 6.30.